The Labute approximate surface area is 187 Å². The van der Waals surface area contributed by atoms with Gasteiger partial charge in [0, 0.05) is 22.7 Å². The lowest BCUT2D eigenvalue weighted by Crippen LogP contribution is -2.44. The van der Waals surface area contributed by atoms with E-state index in [-0.39, 0.29) is 29.8 Å². The SMILES string of the molecule is CCOC(=O)c1c(NC(=O)[C@H]2[C@@H]3CC[C@@H](C3)[C@@H]2C(=O)[O-])sc2c1CC[C@@H](C(C)(C)C)C2. The van der Waals surface area contributed by atoms with Gasteiger partial charge in [-0.2, -0.15) is 0 Å². The zero-order valence-electron chi connectivity index (χ0n) is 18.8. The lowest BCUT2D eigenvalue weighted by Gasteiger charge is -2.33. The molecule has 6 nitrogen and oxygen atoms in total. The largest absolute Gasteiger partial charge is 0.550 e. The van der Waals surface area contributed by atoms with Crippen LogP contribution in [-0.4, -0.2) is 24.5 Å². The van der Waals surface area contributed by atoms with Crippen molar-refractivity contribution in [2.75, 3.05) is 11.9 Å². The molecule has 5 atom stereocenters. The minimum atomic E-state index is -1.13. The fraction of sp³-hybridized carbons (Fsp3) is 0.708. The number of hydrogen-bond donors (Lipinski definition) is 1. The monoisotopic (exact) mass is 446 g/mol. The summed E-state index contributed by atoms with van der Waals surface area (Å²) in [5, 5.41) is 15.2. The Kier molecular flexibility index (Phi) is 5.92. The van der Waals surface area contributed by atoms with Gasteiger partial charge in [-0.05, 0) is 74.2 Å². The Morgan fingerprint density at radius 1 is 1.13 bits per heavy atom. The van der Waals surface area contributed by atoms with Crippen molar-refractivity contribution in [3.8, 4) is 0 Å². The number of carboxylic acids is 1. The molecule has 2 saturated carbocycles. The molecule has 0 aromatic carbocycles. The highest BCUT2D eigenvalue weighted by molar-refractivity contribution is 7.17. The number of carboxylic acid groups (broad SMARTS) is 1. The lowest BCUT2D eigenvalue weighted by atomic mass is 9.72. The van der Waals surface area contributed by atoms with Gasteiger partial charge in [0.15, 0.2) is 0 Å². The molecule has 31 heavy (non-hydrogen) atoms. The summed E-state index contributed by atoms with van der Waals surface area (Å²) in [5.74, 6) is -2.53. The van der Waals surface area contributed by atoms with Crippen LogP contribution in [0.5, 0.6) is 0 Å². The maximum atomic E-state index is 13.2. The predicted molar refractivity (Wildman–Crippen MR) is 117 cm³/mol. The number of rotatable bonds is 5. The number of carbonyl (C=O) groups is 3. The summed E-state index contributed by atoms with van der Waals surface area (Å²) in [6, 6.07) is 0. The molecule has 2 bridgehead atoms. The molecule has 7 heteroatoms. The fourth-order valence-electron chi connectivity index (χ4n) is 6.04. The summed E-state index contributed by atoms with van der Waals surface area (Å²) in [5.41, 5.74) is 1.62. The predicted octanol–water partition coefficient (Wildman–Crippen LogP) is 3.43. The third kappa shape index (κ3) is 4.01. The number of anilines is 1. The van der Waals surface area contributed by atoms with E-state index in [4.69, 9.17) is 4.74 Å². The number of amides is 1. The Bertz CT molecular complexity index is 899. The minimum Gasteiger partial charge on any atom is -0.550 e. The second kappa shape index (κ2) is 8.23. The summed E-state index contributed by atoms with van der Waals surface area (Å²) in [6.07, 6.45) is 5.16. The van der Waals surface area contributed by atoms with Crippen LogP contribution in [0.3, 0.4) is 0 Å². The lowest BCUT2D eigenvalue weighted by molar-refractivity contribution is -0.314. The van der Waals surface area contributed by atoms with E-state index in [1.54, 1.807) is 6.92 Å². The van der Waals surface area contributed by atoms with Gasteiger partial charge < -0.3 is 20.0 Å². The third-order valence-electron chi connectivity index (χ3n) is 7.70. The van der Waals surface area contributed by atoms with Crippen molar-refractivity contribution in [2.24, 2.45) is 35.0 Å². The number of ether oxygens (including phenoxy) is 1. The van der Waals surface area contributed by atoms with Crippen LogP contribution in [0.1, 0.15) is 74.2 Å². The average Bonchev–Trinajstić information content (AvgIpc) is 3.38. The first kappa shape index (κ1) is 22.3. The van der Waals surface area contributed by atoms with Crippen LogP contribution in [0, 0.1) is 35.0 Å². The van der Waals surface area contributed by atoms with Crippen molar-refractivity contribution in [1.82, 2.24) is 0 Å². The molecule has 0 spiro atoms. The number of esters is 1. The number of nitrogens with one attached hydrogen (secondary N) is 1. The zero-order valence-corrected chi connectivity index (χ0v) is 19.6. The minimum absolute atomic E-state index is 0.0272. The van der Waals surface area contributed by atoms with E-state index >= 15 is 0 Å². The Balaban J connectivity index is 1.63. The average molecular weight is 447 g/mol. The quantitative estimate of drug-likeness (QED) is 0.699. The van der Waals surface area contributed by atoms with Gasteiger partial charge in [-0.15, -0.1) is 11.3 Å². The summed E-state index contributed by atoms with van der Waals surface area (Å²) >= 11 is 1.46. The highest BCUT2D eigenvalue weighted by Gasteiger charge is 2.51. The van der Waals surface area contributed by atoms with Crippen molar-refractivity contribution < 1.29 is 24.2 Å². The molecule has 3 aliphatic rings. The topological polar surface area (TPSA) is 95.5 Å². The van der Waals surface area contributed by atoms with E-state index < -0.39 is 23.8 Å². The van der Waals surface area contributed by atoms with E-state index in [0.717, 1.165) is 49.0 Å². The van der Waals surface area contributed by atoms with Crippen molar-refractivity contribution >= 4 is 34.2 Å². The summed E-state index contributed by atoms with van der Waals surface area (Å²) in [4.78, 5) is 38.9. The molecule has 1 aromatic heterocycles. The maximum absolute atomic E-state index is 13.2. The van der Waals surface area contributed by atoms with Gasteiger partial charge in [0.2, 0.25) is 5.91 Å². The van der Waals surface area contributed by atoms with Crippen LogP contribution in [-0.2, 0) is 27.2 Å². The molecular weight excluding hydrogens is 414 g/mol. The number of aliphatic carboxylic acids is 1. The Morgan fingerprint density at radius 2 is 1.81 bits per heavy atom. The van der Waals surface area contributed by atoms with Crippen molar-refractivity contribution in [3.05, 3.63) is 16.0 Å². The van der Waals surface area contributed by atoms with E-state index in [0.29, 0.717) is 16.5 Å². The fourth-order valence-corrected chi connectivity index (χ4v) is 7.35. The molecule has 3 aliphatic carbocycles. The third-order valence-corrected chi connectivity index (χ3v) is 8.87. The van der Waals surface area contributed by atoms with Crippen LogP contribution >= 0.6 is 11.3 Å². The zero-order chi connectivity index (χ0) is 22.5. The van der Waals surface area contributed by atoms with Gasteiger partial charge in [-0.25, -0.2) is 4.79 Å². The van der Waals surface area contributed by atoms with Crippen LogP contribution in [0.15, 0.2) is 0 Å². The molecule has 4 rings (SSSR count). The number of carbonyl (C=O) groups excluding carboxylic acids is 3. The van der Waals surface area contributed by atoms with Crippen molar-refractivity contribution in [2.45, 2.75) is 66.2 Å². The second-order valence-corrected chi connectivity index (χ2v) is 11.5. The Hall–Kier alpha value is -1.89. The standard InChI is InChI=1S/C24H33NO5S/c1-5-30-23(29)19-15-9-8-14(24(2,3)4)11-16(15)31-21(19)25-20(26)17-12-6-7-13(10-12)18(17)22(27)28/h12-14,17-18H,5-11H2,1-4H3,(H,25,26)(H,27,28)/p-1/t12-,13+,14-,17+,18+/m1/s1. The smallest absolute Gasteiger partial charge is 0.341 e. The van der Waals surface area contributed by atoms with Gasteiger partial charge in [0.05, 0.1) is 12.2 Å². The van der Waals surface area contributed by atoms with Gasteiger partial charge in [-0.3, -0.25) is 4.79 Å². The highest BCUT2D eigenvalue weighted by Crippen LogP contribution is 2.53. The van der Waals surface area contributed by atoms with Crippen molar-refractivity contribution in [3.63, 3.8) is 0 Å². The van der Waals surface area contributed by atoms with Crippen LogP contribution < -0.4 is 10.4 Å². The van der Waals surface area contributed by atoms with Crippen LogP contribution in [0.2, 0.25) is 0 Å². The molecular formula is C24H32NO5S-. The van der Waals surface area contributed by atoms with Crippen LogP contribution in [0.4, 0.5) is 5.00 Å². The van der Waals surface area contributed by atoms with Gasteiger partial charge in [0.1, 0.15) is 5.00 Å². The first-order valence-corrected chi connectivity index (χ1v) is 12.3. The summed E-state index contributed by atoms with van der Waals surface area (Å²) in [6.45, 7) is 8.74. The summed E-state index contributed by atoms with van der Waals surface area (Å²) in [7, 11) is 0. The number of hydrogen-bond acceptors (Lipinski definition) is 6. The maximum Gasteiger partial charge on any atom is 0.341 e. The molecule has 0 radical (unpaired) electrons. The highest BCUT2D eigenvalue weighted by atomic mass is 32.1. The molecule has 1 heterocycles. The second-order valence-electron chi connectivity index (χ2n) is 10.4. The van der Waals surface area contributed by atoms with Crippen molar-refractivity contribution in [1.29, 1.82) is 0 Å². The molecule has 0 saturated heterocycles. The molecule has 1 amide bonds. The van der Waals surface area contributed by atoms with E-state index in [9.17, 15) is 19.5 Å². The summed E-state index contributed by atoms with van der Waals surface area (Å²) < 4.78 is 5.32. The normalized spacial score (nSPS) is 29.5. The first-order chi connectivity index (χ1) is 14.6. The van der Waals surface area contributed by atoms with Gasteiger partial charge >= 0.3 is 5.97 Å². The molecule has 2 fully saturated rings. The van der Waals surface area contributed by atoms with E-state index in [1.165, 1.54) is 11.3 Å². The van der Waals surface area contributed by atoms with E-state index in [2.05, 4.69) is 26.1 Å². The van der Waals surface area contributed by atoms with Gasteiger partial charge in [-0.1, -0.05) is 20.8 Å². The number of fused-ring (bicyclic) bond motifs is 3. The molecule has 1 aromatic rings. The molecule has 0 aliphatic heterocycles. The molecule has 170 valence electrons. The van der Waals surface area contributed by atoms with Crippen LogP contribution in [0.25, 0.3) is 0 Å². The molecule has 0 unspecified atom stereocenters. The number of thiophene rings is 1. The Morgan fingerprint density at radius 3 is 2.42 bits per heavy atom. The molecule has 1 N–H and O–H groups in total. The first-order valence-electron chi connectivity index (χ1n) is 11.4. The van der Waals surface area contributed by atoms with E-state index in [1.807, 2.05) is 0 Å². The van der Waals surface area contributed by atoms with Gasteiger partial charge in [0.25, 0.3) is 0 Å².